The van der Waals surface area contributed by atoms with Gasteiger partial charge in [-0.15, -0.1) is 0 Å². The third-order valence-corrected chi connectivity index (χ3v) is 3.41. The van der Waals surface area contributed by atoms with Gasteiger partial charge in [-0.05, 0) is 37.7 Å². The van der Waals surface area contributed by atoms with E-state index in [1.165, 1.54) is 12.0 Å². The smallest absolute Gasteiger partial charge is 0.409 e. The summed E-state index contributed by atoms with van der Waals surface area (Å²) in [5, 5.41) is 0. The molecule has 0 bridgehead atoms. The molecule has 0 aromatic heterocycles. The van der Waals surface area contributed by atoms with Crippen molar-refractivity contribution in [2.75, 3.05) is 19.7 Å². The maximum absolute atomic E-state index is 11.7. The van der Waals surface area contributed by atoms with Gasteiger partial charge >= 0.3 is 6.09 Å². The predicted octanol–water partition coefficient (Wildman–Crippen LogP) is 3.10. The molecule has 1 unspecified atom stereocenters. The van der Waals surface area contributed by atoms with Crippen molar-refractivity contribution in [1.29, 1.82) is 0 Å². The van der Waals surface area contributed by atoms with Gasteiger partial charge in [-0.25, -0.2) is 4.79 Å². The maximum Gasteiger partial charge on any atom is 0.409 e. The number of amides is 1. The lowest BCUT2D eigenvalue weighted by Gasteiger charge is -2.32. The lowest BCUT2D eigenvalue weighted by atomic mass is 9.91. The molecule has 3 nitrogen and oxygen atoms in total. The van der Waals surface area contributed by atoms with Gasteiger partial charge < -0.3 is 9.64 Å². The van der Waals surface area contributed by atoms with Crippen LogP contribution in [-0.4, -0.2) is 30.7 Å². The average Bonchev–Trinajstić information content (AvgIpc) is 2.40. The molecule has 0 saturated carbocycles. The number of likely N-dealkylation sites (tertiary alicyclic amines) is 1. The van der Waals surface area contributed by atoms with Gasteiger partial charge in [-0.1, -0.05) is 30.3 Å². The molecule has 2 rings (SSSR count). The second-order valence-corrected chi connectivity index (χ2v) is 4.84. The van der Waals surface area contributed by atoms with Crippen LogP contribution < -0.4 is 0 Å². The zero-order chi connectivity index (χ0) is 12.8. The van der Waals surface area contributed by atoms with Gasteiger partial charge in [0.05, 0.1) is 6.61 Å². The van der Waals surface area contributed by atoms with E-state index in [-0.39, 0.29) is 6.09 Å². The largest absolute Gasteiger partial charge is 0.450 e. The highest BCUT2D eigenvalue weighted by Gasteiger charge is 2.24. The molecule has 1 aromatic rings. The highest BCUT2D eigenvalue weighted by Crippen LogP contribution is 2.21. The van der Waals surface area contributed by atoms with E-state index < -0.39 is 0 Å². The van der Waals surface area contributed by atoms with Crippen LogP contribution in [0.4, 0.5) is 4.79 Å². The van der Waals surface area contributed by atoms with Crippen molar-refractivity contribution in [2.45, 2.75) is 26.2 Å². The molecule has 0 aliphatic carbocycles. The van der Waals surface area contributed by atoms with Crippen molar-refractivity contribution >= 4 is 6.09 Å². The number of piperidine rings is 1. The summed E-state index contributed by atoms with van der Waals surface area (Å²) in [5.41, 5.74) is 1.35. The van der Waals surface area contributed by atoms with E-state index >= 15 is 0 Å². The van der Waals surface area contributed by atoms with Crippen LogP contribution in [0.1, 0.15) is 25.3 Å². The quantitative estimate of drug-likeness (QED) is 0.821. The molecule has 1 fully saturated rings. The number of carbonyl (C=O) groups excluding carboxylic acids is 1. The number of hydrogen-bond acceptors (Lipinski definition) is 2. The first-order chi connectivity index (χ1) is 8.79. The van der Waals surface area contributed by atoms with Crippen LogP contribution >= 0.6 is 0 Å². The van der Waals surface area contributed by atoms with Crippen LogP contribution in [0.3, 0.4) is 0 Å². The molecule has 0 spiro atoms. The van der Waals surface area contributed by atoms with Gasteiger partial charge in [0.25, 0.3) is 0 Å². The topological polar surface area (TPSA) is 29.5 Å². The Morgan fingerprint density at radius 2 is 2.17 bits per heavy atom. The van der Waals surface area contributed by atoms with Crippen LogP contribution in [0, 0.1) is 5.92 Å². The van der Waals surface area contributed by atoms with E-state index in [1.54, 1.807) is 0 Å². The fourth-order valence-corrected chi connectivity index (χ4v) is 2.56. The lowest BCUT2D eigenvalue weighted by Crippen LogP contribution is -2.40. The summed E-state index contributed by atoms with van der Waals surface area (Å²) in [5.74, 6) is 0.561. The van der Waals surface area contributed by atoms with Crippen molar-refractivity contribution < 1.29 is 9.53 Å². The molecule has 0 N–H and O–H groups in total. The first-order valence-electron chi connectivity index (χ1n) is 6.75. The summed E-state index contributed by atoms with van der Waals surface area (Å²) >= 11 is 0. The standard InChI is InChI=1S/C15H21NO2/c1-2-18-15(17)16-10-6-9-14(12-16)11-13-7-4-3-5-8-13/h3-5,7-8,14H,2,6,9-12H2,1H3. The van der Waals surface area contributed by atoms with E-state index in [0.29, 0.717) is 12.5 Å². The van der Waals surface area contributed by atoms with Gasteiger partial charge in [-0.2, -0.15) is 0 Å². The third-order valence-electron chi connectivity index (χ3n) is 3.41. The molecule has 1 aliphatic rings. The Bertz CT molecular complexity index is 377. The second kappa shape index (κ2) is 6.43. The normalized spacial score (nSPS) is 19.6. The first-order valence-corrected chi connectivity index (χ1v) is 6.75. The van der Waals surface area contributed by atoms with E-state index in [0.717, 1.165) is 25.9 Å². The van der Waals surface area contributed by atoms with Crippen LogP contribution in [-0.2, 0) is 11.2 Å². The molecule has 0 radical (unpaired) electrons. The molecule has 1 aliphatic heterocycles. The number of carbonyl (C=O) groups is 1. The van der Waals surface area contributed by atoms with E-state index in [4.69, 9.17) is 4.74 Å². The molecular formula is C15H21NO2. The average molecular weight is 247 g/mol. The monoisotopic (exact) mass is 247 g/mol. The van der Waals surface area contributed by atoms with Gasteiger partial charge in [0.15, 0.2) is 0 Å². The minimum Gasteiger partial charge on any atom is -0.450 e. The molecule has 1 amide bonds. The zero-order valence-corrected chi connectivity index (χ0v) is 11.0. The zero-order valence-electron chi connectivity index (χ0n) is 11.0. The minimum absolute atomic E-state index is 0.157. The minimum atomic E-state index is -0.157. The Morgan fingerprint density at radius 3 is 2.89 bits per heavy atom. The third kappa shape index (κ3) is 3.49. The van der Waals surface area contributed by atoms with Gasteiger partial charge in [-0.3, -0.25) is 0 Å². The Labute approximate surface area is 109 Å². The summed E-state index contributed by atoms with van der Waals surface area (Å²) in [6.07, 6.45) is 3.17. The maximum atomic E-state index is 11.7. The Kier molecular flexibility index (Phi) is 4.62. The van der Waals surface area contributed by atoms with Crippen LogP contribution in [0.2, 0.25) is 0 Å². The van der Waals surface area contributed by atoms with Crippen LogP contribution in [0.25, 0.3) is 0 Å². The van der Waals surface area contributed by atoms with Crippen molar-refractivity contribution in [3.63, 3.8) is 0 Å². The molecule has 98 valence electrons. The fourth-order valence-electron chi connectivity index (χ4n) is 2.56. The molecule has 3 heteroatoms. The second-order valence-electron chi connectivity index (χ2n) is 4.84. The van der Waals surface area contributed by atoms with Crippen LogP contribution in [0.15, 0.2) is 30.3 Å². The summed E-state index contributed by atoms with van der Waals surface area (Å²) < 4.78 is 5.07. The Hall–Kier alpha value is -1.51. The summed E-state index contributed by atoms with van der Waals surface area (Å²) in [6.45, 7) is 3.97. The number of benzene rings is 1. The van der Waals surface area contributed by atoms with Gasteiger partial charge in [0.1, 0.15) is 0 Å². The summed E-state index contributed by atoms with van der Waals surface area (Å²) in [7, 11) is 0. The molecule has 1 saturated heterocycles. The first kappa shape index (κ1) is 12.9. The molecular weight excluding hydrogens is 226 g/mol. The molecule has 1 heterocycles. The molecule has 18 heavy (non-hydrogen) atoms. The number of ether oxygens (including phenoxy) is 1. The molecule has 1 atom stereocenters. The van der Waals surface area contributed by atoms with E-state index in [1.807, 2.05) is 17.9 Å². The highest BCUT2D eigenvalue weighted by molar-refractivity contribution is 5.67. The lowest BCUT2D eigenvalue weighted by molar-refractivity contribution is 0.0883. The van der Waals surface area contributed by atoms with Crippen LogP contribution in [0.5, 0.6) is 0 Å². The van der Waals surface area contributed by atoms with Crippen molar-refractivity contribution in [3.8, 4) is 0 Å². The van der Waals surface area contributed by atoms with Gasteiger partial charge in [0.2, 0.25) is 0 Å². The van der Waals surface area contributed by atoms with Crippen molar-refractivity contribution in [3.05, 3.63) is 35.9 Å². The number of rotatable bonds is 3. The fraction of sp³-hybridized carbons (Fsp3) is 0.533. The number of nitrogens with zero attached hydrogens (tertiary/aromatic N) is 1. The SMILES string of the molecule is CCOC(=O)N1CCCC(Cc2ccccc2)C1. The summed E-state index contributed by atoms with van der Waals surface area (Å²) in [6, 6.07) is 10.5. The van der Waals surface area contributed by atoms with E-state index in [9.17, 15) is 4.79 Å². The number of hydrogen-bond donors (Lipinski definition) is 0. The predicted molar refractivity (Wildman–Crippen MR) is 71.5 cm³/mol. The summed E-state index contributed by atoms with van der Waals surface area (Å²) in [4.78, 5) is 13.5. The van der Waals surface area contributed by atoms with Crippen molar-refractivity contribution in [2.24, 2.45) is 5.92 Å². The molecule has 1 aromatic carbocycles. The highest BCUT2D eigenvalue weighted by atomic mass is 16.6. The Morgan fingerprint density at radius 1 is 1.39 bits per heavy atom. The van der Waals surface area contributed by atoms with Gasteiger partial charge in [0, 0.05) is 13.1 Å². The Balaban J connectivity index is 1.89. The van der Waals surface area contributed by atoms with Crippen molar-refractivity contribution in [1.82, 2.24) is 4.90 Å². The van der Waals surface area contributed by atoms with E-state index in [2.05, 4.69) is 24.3 Å².